The van der Waals surface area contributed by atoms with Gasteiger partial charge in [-0.1, -0.05) is 118 Å². The van der Waals surface area contributed by atoms with E-state index in [1.807, 2.05) is 24.3 Å². The predicted molar refractivity (Wildman–Crippen MR) is 207 cm³/mol. The first-order valence-electron chi connectivity index (χ1n) is 17.9. The molecule has 0 saturated heterocycles. The zero-order valence-electron chi connectivity index (χ0n) is 29.7. The normalized spacial score (nSPS) is 16.5. The Hall–Kier alpha value is -4.59. The highest BCUT2D eigenvalue weighted by Crippen LogP contribution is 2.40. The van der Waals surface area contributed by atoms with Gasteiger partial charge in [0.2, 0.25) is 5.91 Å². The second-order valence-corrected chi connectivity index (χ2v) is 16.6. The Bertz CT molecular complexity index is 2050. The number of Topliss-reactive ketones (excluding diaryl/α,β-unsaturated/α-hetero) is 1. The molecule has 264 valence electrons. The van der Waals surface area contributed by atoms with Crippen molar-refractivity contribution in [2.75, 3.05) is 11.1 Å². The van der Waals surface area contributed by atoms with Crippen LogP contribution >= 0.6 is 0 Å². The minimum atomic E-state index is -4.11. The van der Waals surface area contributed by atoms with Crippen molar-refractivity contribution in [1.82, 2.24) is 0 Å². The second kappa shape index (κ2) is 15.3. The molecule has 2 aliphatic rings. The fourth-order valence-corrected chi connectivity index (χ4v) is 7.77. The van der Waals surface area contributed by atoms with E-state index < -0.39 is 21.8 Å². The predicted octanol–water partition coefficient (Wildman–Crippen LogP) is 9.83. The van der Waals surface area contributed by atoms with Gasteiger partial charge in [-0.15, -0.1) is 0 Å². The van der Waals surface area contributed by atoms with Gasteiger partial charge in [0.15, 0.2) is 5.78 Å². The van der Waals surface area contributed by atoms with Crippen LogP contribution in [0.25, 0.3) is 17.2 Å². The molecule has 51 heavy (non-hydrogen) atoms. The number of hydrogen-bond donors (Lipinski definition) is 2. The number of amides is 1. The van der Waals surface area contributed by atoms with Crippen molar-refractivity contribution in [1.29, 1.82) is 0 Å². The fraction of sp³-hybridized carbons (Fsp3) is 0.318. The molecule has 0 fully saturated rings. The molecule has 0 spiro atoms. The number of allylic oxidation sites excluding steroid dienone is 3. The van der Waals surface area contributed by atoms with Crippen LogP contribution in [0.1, 0.15) is 103 Å². The third-order valence-corrected chi connectivity index (χ3v) is 11.3. The molecule has 7 heteroatoms. The zero-order valence-corrected chi connectivity index (χ0v) is 30.5. The lowest BCUT2D eigenvalue weighted by atomic mass is 9.72. The van der Waals surface area contributed by atoms with Gasteiger partial charge in [-0.25, -0.2) is 0 Å². The standard InChI is InChI=1S/C44H47NO5S/c1-44(2,3)39-22-18-32(19-23-39)31-14-16-34(17-15-31)41(27-30-10-12-35(13-11-30)42(46)9-6-26-51(48,49)50)43(47)45-40-24-20-33(21-25-40)38-28-36-7-4-5-8-37(36)29-38/h4-5,7-8,10-18,20-21,24-25,28,39,41H,6,9,19,22-23,26-27,29H2,1-3H3,(H,45,47)(H,48,49,50). The molecule has 6 nitrogen and oxygen atoms in total. The van der Waals surface area contributed by atoms with Gasteiger partial charge < -0.3 is 5.32 Å². The van der Waals surface area contributed by atoms with Crippen molar-refractivity contribution in [3.63, 3.8) is 0 Å². The summed E-state index contributed by atoms with van der Waals surface area (Å²) in [5.41, 5.74) is 10.8. The summed E-state index contributed by atoms with van der Waals surface area (Å²) in [6.45, 7) is 6.95. The van der Waals surface area contributed by atoms with Crippen LogP contribution in [0.15, 0.2) is 103 Å². The smallest absolute Gasteiger partial charge is 0.264 e. The van der Waals surface area contributed by atoms with E-state index in [4.69, 9.17) is 4.55 Å². The van der Waals surface area contributed by atoms with E-state index in [1.165, 1.54) is 34.3 Å². The Morgan fingerprint density at radius 1 is 0.863 bits per heavy atom. The second-order valence-electron chi connectivity index (χ2n) is 15.1. The zero-order chi connectivity index (χ0) is 36.2. The number of hydrogen-bond acceptors (Lipinski definition) is 4. The van der Waals surface area contributed by atoms with Crippen LogP contribution in [0.5, 0.6) is 0 Å². The van der Waals surface area contributed by atoms with E-state index in [9.17, 15) is 18.0 Å². The number of carbonyl (C=O) groups is 2. The number of anilines is 1. The largest absolute Gasteiger partial charge is 0.326 e. The molecule has 0 radical (unpaired) electrons. The minimum absolute atomic E-state index is 0.0207. The number of ketones is 1. The highest BCUT2D eigenvalue weighted by Gasteiger charge is 2.27. The molecule has 0 aliphatic heterocycles. The van der Waals surface area contributed by atoms with Gasteiger partial charge >= 0.3 is 0 Å². The van der Waals surface area contributed by atoms with Crippen molar-refractivity contribution in [2.24, 2.45) is 11.3 Å². The van der Waals surface area contributed by atoms with E-state index in [-0.39, 0.29) is 24.5 Å². The summed E-state index contributed by atoms with van der Waals surface area (Å²) in [6.07, 6.45) is 9.31. The van der Waals surface area contributed by atoms with Gasteiger partial charge in [0.25, 0.3) is 10.1 Å². The summed E-state index contributed by atoms with van der Waals surface area (Å²) < 4.78 is 31.1. The molecule has 6 rings (SSSR count). The molecule has 4 aromatic carbocycles. The highest BCUT2D eigenvalue weighted by atomic mass is 32.2. The lowest BCUT2D eigenvalue weighted by Crippen LogP contribution is -2.23. The van der Waals surface area contributed by atoms with Crippen molar-refractivity contribution >= 4 is 44.7 Å². The Kier molecular flexibility index (Phi) is 10.9. The summed E-state index contributed by atoms with van der Waals surface area (Å²) >= 11 is 0. The molecular weight excluding hydrogens is 655 g/mol. The van der Waals surface area contributed by atoms with E-state index in [1.54, 1.807) is 12.1 Å². The van der Waals surface area contributed by atoms with Gasteiger partial charge in [-0.3, -0.25) is 14.1 Å². The van der Waals surface area contributed by atoms with Crippen molar-refractivity contribution in [3.8, 4) is 0 Å². The summed E-state index contributed by atoms with van der Waals surface area (Å²) in [5.74, 6) is -0.560. The summed E-state index contributed by atoms with van der Waals surface area (Å²) in [5, 5.41) is 3.16. The molecule has 2 atom stereocenters. The Balaban J connectivity index is 1.18. The van der Waals surface area contributed by atoms with Crippen LogP contribution in [0.4, 0.5) is 5.69 Å². The van der Waals surface area contributed by atoms with E-state index in [0.717, 1.165) is 41.6 Å². The molecule has 0 heterocycles. The molecule has 1 amide bonds. The van der Waals surface area contributed by atoms with E-state index >= 15 is 0 Å². The lowest BCUT2D eigenvalue weighted by molar-refractivity contribution is -0.117. The van der Waals surface area contributed by atoms with Crippen molar-refractivity contribution < 1.29 is 22.6 Å². The number of benzene rings is 4. The van der Waals surface area contributed by atoms with Gasteiger partial charge in [0.1, 0.15) is 0 Å². The van der Waals surface area contributed by atoms with Crippen molar-refractivity contribution in [3.05, 3.63) is 142 Å². The molecule has 0 bridgehead atoms. The first-order chi connectivity index (χ1) is 24.3. The SMILES string of the molecule is CC(C)(C)C1CC=C(c2ccc(C(Cc3ccc(C(=O)CCCS(=O)(=O)O)cc3)C(=O)Nc3ccc(C4=Cc5ccccc5C4)cc3)cc2)CC1. The summed E-state index contributed by atoms with van der Waals surface area (Å²) in [4.78, 5) is 26.7. The first-order valence-corrected chi connectivity index (χ1v) is 19.5. The fourth-order valence-electron chi connectivity index (χ4n) is 7.26. The van der Waals surface area contributed by atoms with Gasteiger partial charge in [-0.05, 0) is 107 Å². The van der Waals surface area contributed by atoms with E-state index in [2.05, 4.69) is 98.9 Å². The Morgan fingerprint density at radius 3 is 2.16 bits per heavy atom. The maximum absolute atomic E-state index is 14.0. The third-order valence-electron chi connectivity index (χ3n) is 10.4. The summed E-state index contributed by atoms with van der Waals surface area (Å²) in [6, 6.07) is 32.0. The van der Waals surface area contributed by atoms with Crippen LogP contribution in [-0.4, -0.2) is 30.4 Å². The average molecular weight is 702 g/mol. The van der Waals surface area contributed by atoms with Gasteiger partial charge in [-0.2, -0.15) is 8.42 Å². The van der Waals surface area contributed by atoms with Crippen molar-refractivity contribution in [2.45, 2.75) is 71.6 Å². The van der Waals surface area contributed by atoms with E-state index in [0.29, 0.717) is 23.3 Å². The monoisotopic (exact) mass is 701 g/mol. The third kappa shape index (κ3) is 9.40. The molecule has 0 saturated carbocycles. The molecule has 2 N–H and O–H groups in total. The Labute approximate surface area is 302 Å². The molecule has 2 aliphatic carbocycles. The highest BCUT2D eigenvalue weighted by molar-refractivity contribution is 7.85. The molecular formula is C44H47NO5S. The van der Waals surface area contributed by atoms with Crippen LogP contribution < -0.4 is 5.32 Å². The number of nitrogens with one attached hydrogen (secondary N) is 1. The minimum Gasteiger partial charge on any atom is -0.326 e. The lowest BCUT2D eigenvalue weighted by Gasteiger charge is -2.33. The molecule has 2 unspecified atom stereocenters. The first kappa shape index (κ1) is 36.2. The van der Waals surface area contributed by atoms with Gasteiger partial charge in [0, 0.05) is 17.7 Å². The number of rotatable bonds is 12. The number of carbonyl (C=O) groups excluding carboxylic acids is 2. The van der Waals surface area contributed by atoms with Crippen LogP contribution in [-0.2, 0) is 27.8 Å². The average Bonchev–Trinajstić information content (AvgIpc) is 3.55. The van der Waals surface area contributed by atoms with Crippen LogP contribution in [0.3, 0.4) is 0 Å². The number of fused-ring (bicyclic) bond motifs is 1. The maximum Gasteiger partial charge on any atom is 0.264 e. The topological polar surface area (TPSA) is 101 Å². The molecule has 0 aromatic heterocycles. The van der Waals surface area contributed by atoms with Gasteiger partial charge in [0.05, 0.1) is 11.7 Å². The quantitative estimate of drug-likeness (QED) is 0.113. The Morgan fingerprint density at radius 2 is 1.53 bits per heavy atom. The summed E-state index contributed by atoms with van der Waals surface area (Å²) in [7, 11) is -4.11. The maximum atomic E-state index is 14.0. The van der Waals surface area contributed by atoms with Crippen LogP contribution in [0, 0.1) is 11.3 Å². The molecule has 4 aromatic rings. The van der Waals surface area contributed by atoms with Crippen LogP contribution in [0.2, 0.25) is 0 Å².